The summed E-state index contributed by atoms with van der Waals surface area (Å²) in [5, 5.41) is 8.65. The Morgan fingerprint density at radius 2 is 2.26 bits per heavy atom. The van der Waals surface area contributed by atoms with Gasteiger partial charge < -0.3 is 14.7 Å². The van der Waals surface area contributed by atoms with Crippen LogP contribution in [0.1, 0.15) is 22.8 Å². The largest absolute Gasteiger partial charge is 0.384 e. The molecule has 19 heavy (non-hydrogen) atoms. The van der Waals surface area contributed by atoms with E-state index < -0.39 is 0 Å². The molecule has 0 fully saturated rings. The molecule has 4 nitrogen and oxygen atoms in total. The zero-order chi connectivity index (χ0) is 14.1. The second-order valence-electron chi connectivity index (χ2n) is 3.96. The summed E-state index contributed by atoms with van der Waals surface area (Å²) in [6, 6.07) is 7.07. The maximum atomic E-state index is 12.1. The fourth-order valence-corrected chi connectivity index (χ4v) is 1.54. The first-order valence-electron chi connectivity index (χ1n) is 6.22. The van der Waals surface area contributed by atoms with Crippen molar-refractivity contribution in [3.63, 3.8) is 0 Å². The van der Waals surface area contributed by atoms with Gasteiger partial charge in [-0.1, -0.05) is 17.9 Å². The normalized spacial score (nSPS) is 9.63. The van der Waals surface area contributed by atoms with Gasteiger partial charge in [0.1, 0.15) is 6.61 Å². The summed E-state index contributed by atoms with van der Waals surface area (Å²) < 4.78 is 5.22. The standard InChI is InChI=1S/C15H19NO3/c1-3-19-11-9-16(2)15(18)14-8-4-6-13(12-14)7-5-10-17/h4,6,8,12,17H,3,9-11H2,1-2H3. The number of aliphatic hydroxyl groups is 1. The molecule has 0 atom stereocenters. The average molecular weight is 261 g/mol. The first kappa shape index (κ1) is 15.2. The van der Waals surface area contributed by atoms with E-state index in [1.54, 1.807) is 36.2 Å². The number of rotatable bonds is 5. The zero-order valence-corrected chi connectivity index (χ0v) is 11.3. The van der Waals surface area contributed by atoms with Crippen molar-refractivity contribution in [1.82, 2.24) is 4.90 Å². The predicted molar refractivity (Wildman–Crippen MR) is 73.9 cm³/mol. The molecule has 1 N–H and O–H groups in total. The van der Waals surface area contributed by atoms with E-state index in [0.717, 1.165) is 5.56 Å². The lowest BCUT2D eigenvalue weighted by Crippen LogP contribution is -2.30. The number of likely N-dealkylation sites (N-methyl/N-ethyl adjacent to an activating group) is 1. The second kappa shape index (κ2) is 8.30. The van der Waals surface area contributed by atoms with Crippen LogP contribution in [-0.4, -0.2) is 49.3 Å². The number of ether oxygens (including phenoxy) is 1. The quantitative estimate of drug-likeness (QED) is 0.639. The molecule has 0 spiro atoms. The lowest BCUT2D eigenvalue weighted by atomic mass is 10.1. The van der Waals surface area contributed by atoms with E-state index in [4.69, 9.17) is 9.84 Å². The summed E-state index contributed by atoms with van der Waals surface area (Å²) in [7, 11) is 1.74. The van der Waals surface area contributed by atoms with Crippen molar-refractivity contribution < 1.29 is 14.6 Å². The van der Waals surface area contributed by atoms with Gasteiger partial charge in [-0.2, -0.15) is 0 Å². The van der Waals surface area contributed by atoms with Gasteiger partial charge in [-0.15, -0.1) is 0 Å². The van der Waals surface area contributed by atoms with Gasteiger partial charge in [-0.3, -0.25) is 4.79 Å². The van der Waals surface area contributed by atoms with Crippen LogP contribution in [0.2, 0.25) is 0 Å². The number of hydrogen-bond acceptors (Lipinski definition) is 3. The highest BCUT2D eigenvalue weighted by molar-refractivity contribution is 5.94. The molecule has 0 aliphatic carbocycles. The maximum absolute atomic E-state index is 12.1. The maximum Gasteiger partial charge on any atom is 0.253 e. The average Bonchev–Trinajstić information content (AvgIpc) is 2.44. The van der Waals surface area contributed by atoms with Gasteiger partial charge in [0, 0.05) is 31.3 Å². The molecule has 0 saturated heterocycles. The first-order chi connectivity index (χ1) is 9.19. The van der Waals surface area contributed by atoms with E-state index >= 15 is 0 Å². The highest BCUT2D eigenvalue weighted by Crippen LogP contribution is 2.07. The van der Waals surface area contributed by atoms with Crippen molar-refractivity contribution in [2.75, 3.05) is 33.4 Å². The van der Waals surface area contributed by atoms with E-state index in [2.05, 4.69) is 11.8 Å². The Hall–Kier alpha value is -1.83. The molecule has 0 aliphatic rings. The van der Waals surface area contributed by atoms with E-state index in [1.807, 2.05) is 6.92 Å². The first-order valence-corrected chi connectivity index (χ1v) is 6.22. The molecule has 0 aromatic heterocycles. The van der Waals surface area contributed by atoms with Crippen LogP contribution in [0.3, 0.4) is 0 Å². The van der Waals surface area contributed by atoms with Crippen LogP contribution in [0.25, 0.3) is 0 Å². The summed E-state index contributed by atoms with van der Waals surface area (Å²) >= 11 is 0. The highest BCUT2D eigenvalue weighted by Gasteiger charge is 2.11. The van der Waals surface area contributed by atoms with Crippen LogP contribution < -0.4 is 0 Å². The Kier molecular flexibility index (Phi) is 6.65. The van der Waals surface area contributed by atoms with Crippen LogP contribution in [0.15, 0.2) is 24.3 Å². The topological polar surface area (TPSA) is 49.8 Å². The molecule has 102 valence electrons. The monoisotopic (exact) mass is 261 g/mol. The molecule has 0 aliphatic heterocycles. The smallest absolute Gasteiger partial charge is 0.253 e. The number of aliphatic hydroxyl groups excluding tert-OH is 1. The number of carbonyl (C=O) groups excluding carboxylic acids is 1. The summed E-state index contributed by atoms with van der Waals surface area (Å²) in [6.45, 7) is 3.47. The molecule has 4 heteroatoms. The molecular weight excluding hydrogens is 242 g/mol. The fourth-order valence-electron chi connectivity index (χ4n) is 1.54. The molecule has 1 aromatic rings. The van der Waals surface area contributed by atoms with Crippen LogP contribution in [-0.2, 0) is 4.74 Å². The van der Waals surface area contributed by atoms with Crippen LogP contribution in [0, 0.1) is 11.8 Å². The summed E-state index contributed by atoms with van der Waals surface area (Å²) in [5.74, 6) is 5.29. The van der Waals surface area contributed by atoms with Crippen LogP contribution in [0.4, 0.5) is 0 Å². The van der Waals surface area contributed by atoms with E-state index in [1.165, 1.54) is 0 Å². The fraction of sp³-hybridized carbons (Fsp3) is 0.400. The third kappa shape index (κ3) is 5.12. The minimum Gasteiger partial charge on any atom is -0.384 e. The zero-order valence-electron chi connectivity index (χ0n) is 11.3. The number of hydrogen-bond donors (Lipinski definition) is 1. The van der Waals surface area contributed by atoms with Crippen molar-refractivity contribution in [3.05, 3.63) is 35.4 Å². The van der Waals surface area contributed by atoms with Gasteiger partial charge in [-0.25, -0.2) is 0 Å². The van der Waals surface area contributed by atoms with Gasteiger partial charge in [0.25, 0.3) is 5.91 Å². The summed E-state index contributed by atoms with van der Waals surface area (Å²) in [6.07, 6.45) is 0. The SMILES string of the molecule is CCOCCN(C)C(=O)c1cccc(C#CCO)c1. The van der Waals surface area contributed by atoms with Gasteiger partial charge in [0.05, 0.1) is 6.61 Å². The molecule has 1 rings (SSSR count). The Morgan fingerprint density at radius 1 is 1.47 bits per heavy atom. The van der Waals surface area contributed by atoms with Gasteiger partial charge in [-0.05, 0) is 25.1 Å². The highest BCUT2D eigenvalue weighted by atomic mass is 16.5. The Balaban J connectivity index is 2.70. The number of nitrogens with zero attached hydrogens (tertiary/aromatic N) is 1. The third-order valence-corrected chi connectivity index (χ3v) is 2.54. The lowest BCUT2D eigenvalue weighted by molar-refractivity contribution is 0.0710. The molecule has 0 bridgehead atoms. The molecule has 0 unspecified atom stereocenters. The van der Waals surface area contributed by atoms with Crippen LogP contribution in [0.5, 0.6) is 0 Å². The number of amides is 1. The van der Waals surface area contributed by atoms with Crippen molar-refractivity contribution in [1.29, 1.82) is 0 Å². The Morgan fingerprint density at radius 3 is 2.95 bits per heavy atom. The van der Waals surface area contributed by atoms with Crippen molar-refractivity contribution in [3.8, 4) is 11.8 Å². The van der Waals surface area contributed by atoms with Crippen molar-refractivity contribution >= 4 is 5.91 Å². The lowest BCUT2D eigenvalue weighted by Gasteiger charge is -2.17. The molecule has 0 heterocycles. The molecule has 0 saturated carbocycles. The second-order valence-corrected chi connectivity index (χ2v) is 3.96. The summed E-state index contributed by atoms with van der Waals surface area (Å²) in [5.41, 5.74) is 1.31. The van der Waals surface area contributed by atoms with Gasteiger partial charge in [0.15, 0.2) is 0 Å². The van der Waals surface area contributed by atoms with Gasteiger partial charge in [0.2, 0.25) is 0 Å². The van der Waals surface area contributed by atoms with Gasteiger partial charge >= 0.3 is 0 Å². The van der Waals surface area contributed by atoms with Crippen molar-refractivity contribution in [2.24, 2.45) is 0 Å². The molecule has 0 radical (unpaired) electrons. The predicted octanol–water partition coefficient (Wildman–Crippen LogP) is 1.14. The summed E-state index contributed by atoms with van der Waals surface area (Å²) in [4.78, 5) is 13.8. The van der Waals surface area contributed by atoms with Crippen LogP contribution >= 0.6 is 0 Å². The minimum absolute atomic E-state index is 0.0626. The number of benzene rings is 1. The Bertz CT molecular complexity index is 474. The third-order valence-electron chi connectivity index (χ3n) is 2.54. The van der Waals surface area contributed by atoms with E-state index in [0.29, 0.717) is 25.3 Å². The molecule has 1 aromatic carbocycles. The minimum atomic E-state index is -0.188. The van der Waals surface area contributed by atoms with E-state index in [9.17, 15) is 4.79 Å². The van der Waals surface area contributed by atoms with E-state index in [-0.39, 0.29) is 12.5 Å². The van der Waals surface area contributed by atoms with Crippen molar-refractivity contribution in [2.45, 2.75) is 6.92 Å². The Labute approximate surface area is 114 Å². The molecular formula is C15H19NO3. The number of carbonyl (C=O) groups is 1. The molecule has 1 amide bonds.